The SMILES string of the molecule is C=C(/C=C\C(=C/C)c1ccc2ncccc2n1)c1cccc(-c2ccc3ccc4c(-c5ccccc5)c5ccccc5nc4c3n2)c1. The maximum absolute atomic E-state index is 5.23. The van der Waals surface area contributed by atoms with E-state index in [-0.39, 0.29) is 0 Å². The van der Waals surface area contributed by atoms with Crippen LogP contribution >= 0.6 is 0 Å². The van der Waals surface area contributed by atoms with Gasteiger partial charge in [0, 0.05) is 33.5 Å². The van der Waals surface area contributed by atoms with Crippen LogP contribution in [-0.4, -0.2) is 19.9 Å². The summed E-state index contributed by atoms with van der Waals surface area (Å²) in [5.74, 6) is 0. The third-order valence-corrected chi connectivity index (χ3v) is 8.63. The molecular weight excluding hydrogens is 573 g/mol. The number of hydrogen-bond donors (Lipinski definition) is 0. The standard InChI is InChI=1S/C43H30N4/c1-3-29(36-24-25-39-40(45-36)17-10-26-44-39)19-18-28(2)32-13-9-14-33(27-32)37-23-21-31-20-22-35-41(30-11-5-4-6-12-30)34-15-7-8-16-38(34)47-43(35)42(31)46-37/h3-27H,2H2,1H3/b19-18-,29-3+. The zero-order valence-corrected chi connectivity index (χ0v) is 25.9. The number of hydrogen-bond acceptors (Lipinski definition) is 4. The predicted molar refractivity (Wildman–Crippen MR) is 197 cm³/mol. The Morgan fingerprint density at radius 2 is 1.40 bits per heavy atom. The molecule has 0 aliphatic heterocycles. The van der Waals surface area contributed by atoms with E-state index in [4.69, 9.17) is 15.0 Å². The Hall–Kier alpha value is -6.26. The van der Waals surface area contributed by atoms with Gasteiger partial charge in [0.05, 0.1) is 39.0 Å². The van der Waals surface area contributed by atoms with Crippen LogP contribution in [-0.2, 0) is 0 Å². The lowest BCUT2D eigenvalue weighted by molar-refractivity contribution is 1.30. The smallest absolute Gasteiger partial charge is 0.0978 e. The number of aromatic nitrogens is 4. The predicted octanol–water partition coefficient (Wildman–Crippen LogP) is 10.9. The Kier molecular flexibility index (Phi) is 7.16. The van der Waals surface area contributed by atoms with Crippen LogP contribution in [0, 0.1) is 0 Å². The maximum atomic E-state index is 5.23. The fourth-order valence-corrected chi connectivity index (χ4v) is 6.23. The van der Waals surface area contributed by atoms with E-state index in [9.17, 15) is 0 Å². The van der Waals surface area contributed by atoms with Crippen molar-refractivity contribution in [3.63, 3.8) is 0 Å². The van der Waals surface area contributed by atoms with Crippen molar-refractivity contribution >= 4 is 54.9 Å². The zero-order valence-electron chi connectivity index (χ0n) is 25.9. The molecule has 0 bridgehead atoms. The molecule has 0 spiro atoms. The molecule has 4 nitrogen and oxygen atoms in total. The van der Waals surface area contributed by atoms with E-state index in [1.165, 1.54) is 11.1 Å². The Morgan fingerprint density at radius 1 is 0.596 bits per heavy atom. The molecule has 4 heterocycles. The highest BCUT2D eigenvalue weighted by molar-refractivity contribution is 6.16. The first kappa shape index (κ1) is 28.2. The molecule has 0 unspecified atom stereocenters. The van der Waals surface area contributed by atoms with E-state index in [1.54, 1.807) is 6.20 Å². The largest absolute Gasteiger partial charge is 0.255 e. The summed E-state index contributed by atoms with van der Waals surface area (Å²) in [5, 5.41) is 3.29. The van der Waals surface area contributed by atoms with Crippen LogP contribution in [0.4, 0.5) is 0 Å². The average Bonchev–Trinajstić information content (AvgIpc) is 3.14. The monoisotopic (exact) mass is 602 g/mol. The van der Waals surface area contributed by atoms with E-state index in [2.05, 4.69) is 121 Å². The summed E-state index contributed by atoms with van der Waals surface area (Å²) >= 11 is 0. The van der Waals surface area contributed by atoms with Crippen molar-refractivity contribution in [1.29, 1.82) is 0 Å². The van der Waals surface area contributed by atoms with Gasteiger partial charge in [0.1, 0.15) is 0 Å². The lowest BCUT2D eigenvalue weighted by Crippen LogP contribution is -1.93. The molecule has 0 radical (unpaired) electrons. The number of rotatable bonds is 6. The van der Waals surface area contributed by atoms with Crippen molar-refractivity contribution < 1.29 is 0 Å². The molecule has 0 aliphatic rings. The quantitative estimate of drug-likeness (QED) is 0.108. The van der Waals surface area contributed by atoms with Gasteiger partial charge in [-0.05, 0) is 71.7 Å². The summed E-state index contributed by atoms with van der Waals surface area (Å²) in [7, 11) is 0. The number of nitrogens with zero attached hydrogens (tertiary/aromatic N) is 4. The molecule has 47 heavy (non-hydrogen) atoms. The van der Waals surface area contributed by atoms with E-state index in [1.807, 2.05) is 43.3 Å². The molecule has 8 rings (SSSR count). The van der Waals surface area contributed by atoms with Gasteiger partial charge < -0.3 is 0 Å². The lowest BCUT2D eigenvalue weighted by atomic mass is 9.95. The van der Waals surface area contributed by atoms with Crippen LogP contribution in [0.1, 0.15) is 18.2 Å². The first-order valence-electron chi connectivity index (χ1n) is 15.7. The second-order valence-corrected chi connectivity index (χ2v) is 11.5. The van der Waals surface area contributed by atoms with Crippen LogP contribution in [0.3, 0.4) is 0 Å². The second kappa shape index (κ2) is 11.9. The summed E-state index contributed by atoms with van der Waals surface area (Å²) in [4.78, 5) is 19.6. The number of allylic oxidation sites excluding steroid dienone is 5. The van der Waals surface area contributed by atoms with Gasteiger partial charge in [0.2, 0.25) is 0 Å². The van der Waals surface area contributed by atoms with E-state index in [0.717, 1.165) is 77.4 Å². The van der Waals surface area contributed by atoms with Gasteiger partial charge in [-0.25, -0.2) is 15.0 Å². The third-order valence-electron chi connectivity index (χ3n) is 8.63. The van der Waals surface area contributed by atoms with Gasteiger partial charge in [-0.2, -0.15) is 0 Å². The Labute approximate surface area is 273 Å². The minimum Gasteiger partial charge on any atom is -0.255 e. The Bertz CT molecular complexity index is 2550. The molecule has 0 amide bonds. The van der Waals surface area contributed by atoms with Gasteiger partial charge in [-0.1, -0.05) is 110 Å². The van der Waals surface area contributed by atoms with Crippen molar-refractivity contribution in [3.05, 3.63) is 170 Å². The number of para-hydroxylation sites is 1. The van der Waals surface area contributed by atoms with Crippen molar-refractivity contribution in [2.24, 2.45) is 0 Å². The third kappa shape index (κ3) is 5.26. The first-order valence-corrected chi connectivity index (χ1v) is 15.7. The topological polar surface area (TPSA) is 51.6 Å². The van der Waals surface area contributed by atoms with Gasteiger partial charge in [-0.3, -0.25) is 4.98 Å². The first-order chi connectivity index (χ1) is 23.2. The number of benzene rings is 4. The highest BCUT2D eigenvalue weighted by atomic mass is 14.8. The van der Waals surface area contributed by atoms with Crippen LogP contribution in [0.2, 0.25) is 0 Å². The number of fused-ring (bicyclic) bond motifs is 5. The Morgan fingerprint density at radius 3 is 2.30 bits per heavy atom. The minimum absolute atomic E-state index is 0.875. The summed E-state index contributed by atoms with van der Waals surface area (Å²) in [6.45, 7) is 6.41. The molecule has 0 aliphatic carbocycles. The fraction of sp³-hybridized carbons (Fsp3) is 0.0233. The van der Waals surface area contributed by atoms with Crippen molar-refractivity contribution in [3.8, 4) is 22.4 Å². The normalized spacial score (nSPS) is 12.1. The van der Waals surface area contributed by atoms with Crippen molar-refractivity contribution in [1.82, 2.24) is 19.9 Å². The van der Waals surface area contributed by atoms with Crippen LogP contribution in [0.5, 0.6) is 0 Å². The molecule has 0 atom stereocenters. The fourth-order valence-electron chi connectivity index (χ4n) is 6.23. The van der Waals surface area contributed by atoms with E-state index >= 15 is 0 Å². The van der Waals surface area contributed by atoms with Crippen LogP contribution in [0.25, 0.3) is 77.3 Å². The molecule has 0 N–H and O–H groups in total. The van der Waals surface area contributed by atoms with Gasteiger partial charge in [-0.15, -0.1) is 0 Å². The second-order valence-electron chi connectivity index (χ2n) is 11.5. The summed E-state index contributed by atoms with van der Waals surface area (Å²) in [6.07, 6.45) is 7.97. The summed E-state index contributed by atoms with van der Waals surface area (Å²) < 4.78 is 0. The van der Waals surface area contributed by atoms with Crippen molar-refractivity contribution in [2.45, 2.75) is 6.92 Å². The van der Waals surface area contributed by atoms with Crippen LogP contribution < -0.4 is 0 Å². The molecular formula is C43H30N4. The highest BCUT2D eigenvalue weighted by Crippen LogP contribution is 2.37. The average molecular weight is 603 g/mol. The molecule has 8 aromatic rings. The number of pyridine rings is 4. The van der Waals surface area contributed by atoms with Crippen molar-refractivity contribution in [2.75, 3.05) is 0 Å². The maximum Gasteiger partial charge on any atom is 0.0978 e. The molecule has 4 heteroatoms. The molecule has 0 saturated carbocycles. The molecule has 4 aromatic heterocycles. The van der Waals surface area contributed by atoms with Gasteiger partial charge >= 0.3 is 0 Å². The minimum atomic E-state index is 0.875. The van der Waals surface area contributed by atoms with Crippen LogP contribution in [0.15, 0.2) is 158 Å². The summed E-state index contributed by atoms with van der Waals surface area (Å²) in [6, 6.07) is 43.8. The highest BCUT2D eigenvalue weighted by Gasteiger charge is 2.15. The Balaban J connectivity index is 1.17. The summed E-state index contributed by atoms with van der Waals surface area (Å²) in [5.41, 5.74) is 12.6. The van der Waals surface area contributed by atoms with E-state index < -0.39 is 0 Å². The molecule has 222 valence electrons. The molecule has 0 fully saturated rings. The molecule has 4 aromatic carbocycles. The zero-order chi connectivity index (χ0) is 31.7. The van der Waals surface area contributed by atoms with E-state index in [0.29, 0.717) is 0 Å². The van der Waals surface area contributed by atoms with Gasteiger partial charge in [0.15, 0.2) is 0 Å². The molecule has 0 saturated heterocycles. The lowest BCUT2D eigenvalue weighted by Gasteiger charge is -2.13. The van der Waals surface area contributed by atoms with Gasteiger partial charge in [0.25, 0.3) is 0 Å².